The molecule has 108 valence electrons. The number of methoxy groups -OCH3 is 1. The fourth-order valence-electron chi connectivity index (χ4n) is 2.23. The zero-order chi connectivity index (χ0) is 14.1. The van der Waals surface area contributed by atoms with Crippen molar-refractivity contribution < 1.29 is 9.84 Å². The molecule has 1 aromatic rings. The highest BCUT2D eigenvalue weighted by Gasteiger charge is 2.14. The number of anilines is 1. The largest absolute Gasteiger partial charge is 0.395 e. The molecule has 1 unspecified atom stereocenters. The Morgan fingerprint density at radius 1 is 1.32 bits per heavy atom. The van der Waals surface area contributed by atoms with Gasteiger partial charge in [-0.25, -0.2) is 0 Å². The zero-order valence-electron chi connectivity index (χ0n) is 12.2. The van der Waals surface area contributed by atoms with Crippen LogP contribution in [0.2, 0.25) is 0 Å². The second kappa shape index (κ2) is 8.91. The first-order valence-corrected chi connectivity index (χ1v) is 6.91. The van der Waals surface area contributed by atoms with Crippen molar-refractivity contribution in [2.24, 2.45) is 0 Å². The average molecular weight is 266 g/mol. The molecule has 4 nitrogen and oxygen atoms in total. The number of nitrogens with zero attached hydrogens (tertiary/aromatic N) is 1. The van der Waals surface area contributed by atoms with E-state index in [1.165, 1.54) is 11.3 Å². The van der Waals surface area contributed by atoms with Gasteiger partial charge in [-0.05, 0) is 25.1 Å². The summed E-state index contributed by atoms with van der Waals surface area (Å²) in [6, 6.07) is 8.63. The van der Waals surface area contributed by atoms with E-state index in [0.29, 0.717) is 19.2 Å². The van der Waals surface area contributed by atoms with E-state index in [2.05, 4.69) is 42.3 Å². The van der Waals surface area contributed by atoms with Crippen molar-refractivity contribution in [2.45, 2.75) is 19.9 Å². The van der Waals surface area contributed by atoms with Crippen molar-refractivity contribution in [1.82, 2.24) is 5.32 Å². The lowest BCUT2D eigenvalue weighted by atomic mass is 10.0. The van der Waals surface area contributed by atoms with Crippen molar-refractivity contribution in [3.63, 3.8) is 0 Å². The molecule has 0 spiro atoms. The Balaban J connectivity index is 2.93. The molecule has 1 rings (SSSR count). The molecule has 1 aromatic carbocycles. The molecule has 0 bridgehead atoms. The Hall–Kier alpha value is -1.10. The normalized spacial score (nSPS) is 12.4. The molecule has 2 N–H and O–H groups in total. The standard InChI is InChI=1S/C15H26N2O2/c1-4-16-13(2)14-7-5-6-8-15(14)17(9-11-18)10-12-19-3/h5-8,13,16,18H,4,9-12H2,1-3H3. The molecule has 0 saturated carbocycles. The van der Waals surface area contributed by atoms with Crippen LogP contribution in [0.3, 0.4) is 0 Å². The molecule has 0 aliphatic carbocycles. The lowest BCUT2D eigenvalue weighted by Crippen LogP contribution is -2.32. The fraction of sp³-hybridized carbons (Fsp3) is 0.600. The molecule has 0 amide bonds. The molecule has 0 aliphatic heterocycles. The number of ether oxygens (including phenoxy) is 1. The summed E-state index contributed by atoms with van der Waals surface area (Å²) in [5, 5.41) is 12.7. The summed E-state index contributed by atoms with van der Waals surface area (Å²) in [6.07, 6.45) is 0. The molecular formula is C15H26N2O2. The second-order valence-electron chi connectivity index (χ2n) is 4.54. The summed E-state index contributed by atoms with van der Waals surface area (Å²) in [4.78, 5) is 2.17. The average Bonchev–Trinajstić information content (AvgIpc) is 2.44. The first kappa shape index (κ1) is 16.0. The predicted molar refractivity (Wildman–Crippen MR) is 79.7 cm³/mol. The molecule has 4 heteroatoms. The van der Waals surface area contributed by atoms with Gasteiger partial charge in [-0.1, -0.05) is 25.1 Å². The number of benzene rings is 1. The summed E-state index contributed by atoms with van der Waals surface area (Å²) in [5.41, 5.74) is 2.43. The number of aliphatic hydroxyl groups is 1. The predicted octanol–water partition coefficient (Wildman–Crippen LogP) is 1.80. The number of hydrogen-bond acceptors (Lipinski definition) is 4. The van der Waals surface area contributed by atoms with Crippen LogP contribution < -0.4 is 10.2 Å². The molecule has 19 heavy (non-hydrogen) atoms. The van der Waals surface area contributed by atoms with E-state index in [4.69, 9.17) is 4.74 Å². The minimum atomic E-state index is 0.146. The Morgan fingerprint density at radius 2 is 2.05 bits per heavy atom. The van der Waals surface area contributed by atoms with E-state index in [0.717, 1.165) is 13.1 Å². The van der Waals surface area contributed by atoms with E-state index >= 15 is 0 Å². The smallest absolute Gasteiger partial charge is 0.0637 e. The molecule has 0 fully saturated rings. The lowest BCUT2D eigenvalue weighted by molar-refractivity contribution is 0.203. The number of rotatable bonds is 9. The summed E-state index contributed by atoms with van der Waals surface area (Å²) < 4.78 is 5.15. The van der Waals surface area contributed by atoms with Gasteiger partial charge in [0.2, 0.25) is 0 Å². The summed E-state index contributed by atoms with van der Waals surface area (Å²) >= 11 is 0. The van der Waals surface area contributed by atoms with E-state index in [1.807, 2.05) is 6.07 Å². The van der Waals surface area contributed by atoms with Gasteiger partial charge in [-0.3, -0.25) is 0 Å². The second-order valence-corrected chi connectivity index (χ2v) is 4.54. The topological polar surface area (TPSA) is 44.7 Å². The number of hydrogen-bond donors (Lipinski definition) is 2. The van der Waals surface area contributed by atoms with Gasteiger partial charge < -0.3 is 20.1 Å². The monoisotopic (exact) mass is 266 g/mol. The molecule has 0 heterocycles. The van der Waals surface area contributed by atoms with Gasteiger partial charge in [0, 0.05) is 31.9 Å². The van der Waals surface area contributed by atoms with E-state index < -0.39 is 0 Å². The molecule has 0 radical (unpaired) electrons. The third kappa shape index (κ3) is 4.82. The third-order valence-electron chi connectivity index (χ3n) is 3.19. The van der Waals surface area contributed by atoms with Crippen molar-refractivity contribution in [1.29, 1.82) is 0 Å². The van der Waals surface area contributed by atoms with E-state index in [1.54, 1.807) is 7.11 Å². The first-order chi connectivity index (χ1) is 9.24. The fourth-order valence-corrected chi connectivity index (χ4v) is 2.23. The first-order valence-electron chi connectivity index (χ1n) is 6.91. The van der Waals surface area contributed by atoms with Crippen LogP contribution >= 0.6 is 0 Å². The van der Waals surface area contributed by atoms with Crippen LogP contribution in [0.5, 0.6) is 0 Å². The van der Waals surface area contributed by atoms with Crippen molar-refractivity contribution in [2.75, 3.05) is 44.9 Å². The molecule has 1 atom stereocenters. The SMILES string of the molecule is CCNC(C)c1ccccc1N(CCO)CCOC. The van der Waals surface area contributed by atoms with Crippen molar-refractivity contribution in [3.05, 3.63) is 29.8 Å². The van der Waals surface area contributed by atoms with Crippen LogP contribution in [0.4, 0.5) is 5.69 Å². The number of para-hydroxylation sites is 1. The molecular weight excluding hydrogens is 240 g/mol. The highest BCUT2D eigenvalue weighted by molar-refractivity contribution is 5.55. The van der Waals surface area contributed by atoms with E-state index in [9.17, 15) is 5.11 Å². The maximum absolute atomic E-state index is 9.23. The third-order valence-corrected chi connectivity index (χ3v) is 3.19. The van der Waals surface area contributed by atoms with Crippen LogP contribution in [0.15, 0.2) is 24.3 Å². The summed E-state index contributed by atoms with van der Waals surface area (Å²) in [6.45, 7) is 7.42. The van der Waals surface area contributed by atoms with Gasteiger partial charge in [0.25, 0.3) is 0 Å². The Kier molecular flexibility index (Phi) is 7.48. The quantitative estimate of drug-likeness (QED) is 0.715. The van der Waals surface area contributed by atoms with E-state index in [-0.39, 0.29) is 6.61 Å². The van der Waals surface area contributed by atoms with Crippen LogP contribution in [-0.2, 0) is 4.74 Å². The molecule has 0 aromatic heterocycles. The highest BCUT2D eigenvalue weighted by atomic mass is 16.5. The van der Waals surface area contributed by atoms with Crippen LogP contribution in [0.1, 0.15) is 25.5 Å². The summed E-state index contributed by atoms with van der Waals surface area (Å²) in [7, 11) is 1.70. The Labute approximate surface area is 116 Å². The van der Waals surface area contributed by atoms with Gasteiger partial charge >= 0.3 is 0 Å². The van der Waals surface area contributed by atoms with Crippen LogP contribution in [0.25, 0.3) is 0 Å². The van der Waals surface area contributed by atoms with Crippen molar-refractivity contribution >= 4 is 5.69 Å². The summed E-state index contributed by atoms with van der Waals surface area (Å²) in [5.74, 6) is 0. The van der Waals surface area contributed by atoms with Crippen molar-refractivity contribution in [3.8, 4) is 0 Å². The van der Waals surface area contributed by atoms with Gasteiger partial charge in [0.1, 0.15) is 0 Å². The molecule has 0 aliphatic rings. The maximum Gasteiger partial charge on any atom is 0.0637 e. The lowest BCUT2D eigenvalue weighted by Gasteiger charge is -2.28. The highest BCUT2D eigenvalue weighted by Crippen LogP contribution is 2.26. The van der Waals surface area contributed by atoms with Gasteiger partial charge in [0.15, 0.2) is 0 Å². The van der Waals surface area contributed by atoms with Crippen LogP contribution in [-0.4, -0.2) is 45.1 Å². The Bertz CT molecular complexity index is 358. The van der Waals surface area contributed by atoms with Gasteiger partial charge in [0.05, 0.1) is 13.2 Å². The van der Waals surface area contributed by atoms with Gasteiger partial charge in [-0.2, -0.15) is 0 Å². The van der Waals surface area contributed by atoms with Gasteiger partial charge in [-0.15, -0.1) is 0 Å². The number of aliphatic hydroxyl groups excluding tert-OH is 1. The molecule has 0 saturated heterocycles. The van der Waals surface area contributed by atoms with Crippen LogP contribution in [0, 0.1) is 0 Å². The minimum Gasteiger partial charge on any atom is -0.395 e. The maximum atomic E-state index is 9.23. The Morgan fingerprint density at radius 3 is 2.68 bits per heavy atom. The number of nitrogens with one attached hydrogen (secondary N) is 1. The minimum absolute atomic E-state index is 0.146. The zero-order valence-corrected chi connectivity index (χ0v) is 12.2.